The highest BCUT2D eigenvalue weighted by atomic mass is 13.9. The van der Waals surface area contributed by atoms with Gasteiger partial charge >= 0.3 is 0 Å². The minimum Gasteiger partial charge on any atom is -0.0770 e. The third-order valence-corrected chi connectivity index (χ3v) is 2.43. The van der Waals surface area contributed by atoms with Gasteiger partial charge in [0, 0.05) is 0 Å². The van der Waals surface area contributed by atoms with E-state index in [9.17, 15) is 0 Å². The highest BCUT2D eigenvalue weighted by Gasteiger charge is 2.09. The van der Waals surface area contributed by atoms with Gasteiger partial charge in [-0.2, -0.15) is 0 Å². The Hall–Kier alpha value is 0.0649. The van der Waals surface area contributed by atoms with Crippen LogP contribution in [0.4, 0.5) is 0 Å². The molecule has 1 heteroatoms. The second-order valence-electron chi connectivity index (χ2n) is 4.03. The predicted octanol–water partition coefficient (Wildman–Crippen LogP) is 3.96. The molecule has 0 fully saturated rings. The van der Waals surface area contributed by atoms with E-state index >= 15 is 0 Å². The second-order valence-corrected chi connectivity index (χ2v) is 4.03. The Morgan fingerprint density at radius 1 is 1.09 bits per heavy atom. The summed E-state index contributed by atoms with van der Waals surface area (Å²) in [5, 5.41) is 0. The summed E-state index contributed by atoms with van der Waals surface area (Å²) < 4.78 is 0. The van der Waals surface area contributed by atoms with E-state index < -0.39 is 0 Å². The lowest BCUT2D eigenvalue weighted by Gasteiger charge is -2.11. The van der Waals surface area contributed by atoms with Gasteiger partial charge in [0.05, 0.1) is 0 Å². The van der Waals surface area contributed by atoms with Crippen LogP contribution in [0, 0.1) is 5.92 Å². The maximum Gasteiger partial charge on any atom is 0.139 e. The van der Waals surface area contributed by atoms with E-state index in [0.29, 0.717) is 0 Å². The van der Waals surface area contributed by atoms with Crippen molar-refractivity contribution < 1.29 is 0 Å². The van der Waals surface area contributed by atoms with Crippen LogP contribution in [-0.2, 0) is 0 Å². The summed E-state index contributed by atoms with van der Waals surface area (Å²) in [6.45, 7) is 10.2. The first-order valence-corrected chi connectivity index (χ1v) is 5.20. The van der Waals surface area contributed by atoms with Crippen molar-refractivity contribution in [2.45, 2.75) is 59.5 Å². The molecule has 0 saturated carbocycles. The molecule has 0 unspecified atom stereocenters. The zero-order valence-electron chi connectivity index (χ0n) is 8.69. The molecule has 0 spiro atoms. The van der Waals surface area contributed by atoms with Crippen molar-refractivity contribution in [3.63, 3.8) is 0 Å². The van der Waals surface area contributed by atoms with Gasteiger partial charge in [0.25, 0.3) is 0 Å². The SMILES string of the molecule is CCCB(CC)CCC(C)C. The first-order chi connectivity index (χ1) is 5.20. The first-order valence-electron chi connectivity index (χ1n) is 5.20. The molecule has 0 aliphatic rings. The maximum absolute atomic E-state index is 2.32. The molecule has 0 N–H and O–H groups in total. The quantitative estimate of drug-likeness (QED) is 0.508. The fourth-order valence-electron chi connectivity index (χ4n) is 1.53. The molecule has 0 saturated heterocycles. The summed E-state index contributed by atoms with van der Waals surface area (Å²) in [7, 11) is 0. The molecule has 0 aromatic carbocycles. The average molecular weight is 154 g/mol. The number of hydrogen-bond donors (Lipinski definition) is 0. The zero-order chi connectivity index (χ0) is 8.69. The minimum absolute atomic E-state index is 0.890. The zero-order valence-corrected chi connectivity index (χ0v) is 8.69. The third-order valence-electron chi connectivity index (χ3n) is 2.43. The monoisotopic (exact) mass is 154 g/mol. The van der Waals surface area contributed by atoms with E-state index in [1.54, 1.807) is 0 Å². The maximum atomic E-state index is 2.32. The van der Waals surface area contributed by atoms with E-state index in [0.717, 1.165) is 12.6 Å². The normalized spacial score (nSPS) is 10.6. The highest BCUT2D eigenvalue weighted by Crippen LogP contribution is 2.14. The lowest BCUT2D eigenvalue weighted by Crippen LogP contribution is -2.10. The standard InChI is InChI=1S/C10H23B/c1-5-8-11(6-2)9-7-10(3)4/h10H,5-9H2,1-4H3. The molecule has 0 amide bonds. The molecule has 0 aromatic heterocycles. The predicted molar refractivity (Wildman–Crippen MR) is 55.6 cm³/mol. The van der Waals surface area contributed by atoms with Crippen molar-refractivity contribution in [1.82, 2.24) is 0 Å². The van der Waals surface area contributed by atoms with Crippen molar-refractivity contribution in [2.24, 2.45) is 5.92 Å². The van der Waals surface area contributed by atoms with E-state index in [1.807, 2.05) is 0 Å². The molecule has 0 radical (unpaired) electrons. The van der Waals surface area contributed by atoms with Crippen LogP contribution in [-0.4, -0.2) is 6.71 Å². The van der Waals surface area contributed by atoms with Gasteiger partial charge in [-0.1, -0.05) is 59.5 Å². The Morgan fingerprint density at radius 3 is 2.09 bits per heavy atom. The molecule has 0 aliphatic carbocycles. The fourth-order valence-corrected chi connectivity index (χ4v) is 1.53. The molecule has 0 atom stereocenters. The van der Waals surface area contributed by atoms with Gasteiger partial charge in [-0.15, -0.1) is 0 Å². The van der Waals surface area contributed by atoms with Gasteiger partial charge in [-0.25, -0.2) is 0 Å². The summed E-state index contributed by atoms with van der Waals surface area (Å²) in [6.07, 6.45) is 7.03. The Bertz CT molecular complexity index is 78.9. The van der Waals surface area contributed by atoms with Crippen LogP contribution in [0.5, 0.6) is 0 Å². The topological polar surface area (TPSA) is 0 Å². The summed E-state index contributed by atoms with van der Waals surface area (Å²) in [4.78, 5) is 0. The van der Waals surface area contributed by atoms with E-state index in [1.165, 1.54) is 31.8 Å². The van der Waals surface area contributed by atoms with Crippen LogP contribution in [0.2, 0.25) is 19.0 Å². The Balaban J connectivity index is 3.35. The summed E-state index contributed by atoms with van der Waals surface area (Å²) >= 11 is 0. The van der Waals surface area contributed by atoms with Crippen LogP contribution in [0.1, 0.15) is 40.5 Å². The highest BCUT2D eigenvalue weighted by molar-refractivity contribution is 6.58. The Labute approximate surface area is 72.8 Å². The van der Waals surface area contributed by atoms with Crippen molar-refractivity contribution in [3.05, 3.63) is 0 Å². The summed E-state index contributed by atoms with van der Waals surface area (Å²) in [5.74, 6) is 0.890. The van der Waals surface area contributed by atoms with Crippen molar-refractivity contribution in [2.75, 3.05) is 0 Å². The van der Waals surface area contributed by atoms with Gasteiger partial charge in [-0.3, -0.25) is 0 Å². The molecule has 0 nitrogen and oxygen atoms in total. The smallest absolute Gasteiger partial charge is 0.0770 e. The molecule has 66 valence electrons. The lowest BCUT2D eigenvalue weighted by molar-refractivity contribution is 0.620. The number of rotatable bonds is 6. The average Bonchev–Trinajstić information content (AvgIpc) is 1.97. The lowest BCUT2D eigenvalue weighted by atomic mass is 9.42. The largest absolute Gasteiger partial charge is 0.139 e. The molecule has 11 heavy (non-hydrogen) atoms. The van der Waals surface area contributed by atoms with Crippen molar-refractivity contribution in [1.29, 1.82) is 0 Å². The van der Waals surface area contributed by atoms with Crippen LogP contribution >= 0.6 is 0 Å². The van der Waals surface area contributed by atoms with E-state index in [4.69, 9.17) is 0 Å². The van der Waals surface area contributed by atoms with Crippen LogP contribution < -0.4 is 0 Å². The van der Waals surface area contributed by atoms with Crippen LogP contribution in [0.15, 0.2) is 0 Å². The van der Waals surface area contributed by atoms with Gasteiger partial charge in [0.1, 0.15) is 6.71 Å². The molecule has 0 heterocycles. The van der Waals surface area contributed by atoms with Crippen LogP contribution in [0.25, 0.3) is 0 Å². The van der Waals surface area contributed by atoms with Gasteiger partial charge in [-0.05, 0) is 5.92 Å². The number of hydrogen-bond acceptors (Lipinski definition) is 0. The molecule has 0 aliphatic heterocycles. The molecule has 0 bridgehead atoms. The van der Waals surface area contributed by atoms with Crippen LogP contribution in [0.3, 0.4) is 0 Å². The second kappa shape index (κ2) is 6.76. The fraction of sp³-hybridized carbons (Fsp3) is 1.00. The summed E-state index contributed by atoms with van der Waals surface area (Å²) in [6, 6.07) is 0. The Kier molecular flexibility index (Phi) is 6.80. The van der Waals surface area contributed by atoms with E-state index in [2.05, 4.69) is 27.7 Å². The van der Waals surface area contributed by atoms with Crippen molar-refractivity contribution >= 4 is 6.71 Å². The Morgan fingerprint density at radius 2 is 1.73 bits per heavy atom. The molecule has 0 aromatic rings. The van der Waals surface area contributed by atoms with E-state index in [-0.39, 0.29) is 0 Å². The third kappa shape index (κ3) is 6.46. The first kappa shape index (κ1) is 11.1. The minimum atomic E-state index is 0.890. The van der Waals surface area contributed by atoms with Gasteiger partial charge in [0.15, 0.2) is 0 Å². The summed E-state index contributed by atoms with van der Waals surface area (Å²) in [5.41, 5.74) is 0. The van der Waals surface area contributed by atoms with Crippen molar-refractivity contribution in [3.8, 4) is 0 Å². The molecular formula is C10H23B. The molecular weight excluding hydrogens is 131 g/mol. The van der Waals surface area contributed by atoms with Gasteiger partial charge < -0.3 is 0 Å². The van der Waals surface area contributed by atoms with Gasteiger partial charge in [0.2, 0.25) is 0 Å². The molecule has 0 rings (SSSR count).